The summed E-state index contributed by atoms with van der Waals surface area (Å²) in [7, 11) is -4.17. The summed E-state index contributed by atoms with van der Waals surface area (Å²) >= 11 is 0. The second-order valence-corrected chi connectivity index (χ2v) is 13.8. The molecule has 5 rings (SSSR count). The minimum absolute atomic E-state index is 0.0628. The van der Waals surface area contributed by atoms with Gasteiger partial charge in [-0.3, -0.25) is 13.9 Å². The molecular formula is C37H41N3O5S. The Morgan fingerprint density at radius 2 is 1.48 bits per heavy atom. The molecule has 4 aromatic rings. The predicted octanol–water partition coefficient (Wildman–Crippen LogP) is 6.77. The molecule has 0 heterocycles. The van der Waals surface area contributed by atoms with Crippen LogP contribution in [0.4, 0.5) is 5.69 Å². The summed E-state index contributed by atoms with van der Waals surface area (Å²) in [6, 6.07) is 29.4. The van der Waals surface area contributed by atoms with E-state index in [2.05, 4.69) is 5.32 Å². The number of ether oxygens (including phenoxy) is 1. The van der Waals surface area contributed by atoms with Gasteiger partial charge in [0.25, 0.3) is 10.0 Å². The van der Waals surface area contributed by atoms with Gasteiger partial charge in [0.05, 0.1) is 10.6 Å². The number of anilines is 1. The highest BCUT2D eigenvalue weighted by atomic mass is 32.2. The number of para-hydroxylation sites is 1. The van der Waals surface area contributed by atoms with Gasteiger partial charge < -0.3 is 15.0 Å². The van der Waals surface area contributed by atoms with Gasteiger partial charge in [-0.15, -0.1) is 0 Å². The van der Waals surface area contributed by atoms with Crippen molar-refractivity contribution in [1.29, 1.82) is 0 Å². The Kier molecular flexibility index (Phi) is 10.4. The Balaban J connectivity index is 1.47. The lowest BCUT2D eigenvalue weighted by Gasteiger charge is -2.32. The van der Waals surface area contributed by atoms with Gasteiger partial charge in [0.15, 0.2) is 0 Å². The number of nitrogens with one attached hydrogen (secondary N) is 1. The molecule has 1 N–H and O–H groups in total. The number of benzene rings is 4. The Bertz CT molecular complexity index is 1740. The fraction of sp³-hybridized carbons (Fsp3) is 0.297. The standard InChI is InChI=1S/C37H41N3O5S/c1-27-16-22-35(23-17-27)46(43,44)40(32-18-20-34(21-19-32)45-33-14-5-4-6-15-33)26-36(41)39(25-30-11-9-10-28(2)24-30)29(3)37(42)38-31-12-7-8-13-31/h4-6,9-11,14-24,29,31H,7-8,12-13,25-26H2,1-3H3,(H,38,42)/t29-/m1/s1. The maximum absolute atomic E-state index is 14.3. The summed E-state index contributed by atoms with van der Waals surface area (Å²) in [5, 5.41) is 3.11. The number of hydrogen-bond donors (Lipinski definition) is 1. The van der Waals surface area contributed by atoms with Crippen molar-refractivity contribution in [3.8, 4) is 11.5 Å². The first-order valence-electron chi connectivity index (χ1n) is 15.7. The van der Waals surface area contributed by atoms with Crippen molar-refractivity contribution >= 4 is 27.5 Å². The van der Waals surface area contributed by atoms with Gasteiger partial charge in [0.1, 0.15) is 24.1 Å². The molecule has 8 nitrogen and oxygen atoms in total. The number of aryl methyl sites for hydroxylation is 2. The third kappa shape index (κ3) is 8.14. The largest absolute Gasteiger partial charge is 0.457 e. The lowest BCUT2D eigenvalue weighted by molar-refractivity contribution is -0.139. The van der Waals surface area contributed by atoms with E-state index in [1.807, 2.05) is 68.4 Å². The minimum atomic E-state index is -4.17. The third-order valence-corrected chi connectivity index (χ3v) is 10.1. The number of nitrogens with zero attached hydrogens (tertiary/aromatic N) is 2. The topological polar surface area (TPSA) is 96.0 Å². The molecule has 0 bridgehead atoms. The molecule has 1 atom stereocenters. The van der Waals surface area contributed by atoms with E-state index in [1.54, 1.807) is 43.3 Å². The van der Waals surface area contributed by atoms with Gasteiger partial charge in [-0.2, -0.15) is 0 Å². The molecule has 4 aromatic carbocycles. The predicted molar refractivity (Wildman–Crippen MR) is 180 cm³/mol. The lowest BCUT2D eigenvalue weighted by Crippen LogP contribution is -2.52. The van der Waals surface area contributed by atoms with Crippen LogP contribution < -0.4 is 14.4 Å². The van der Waals surface area contributed by atoms with Crippen molar-refractivity contribution in [2.24, 2.45) is 0 Å². The van der Waals surface area contributed by atoms with Crippen LogP contribution >= 0.6 is 0 Å². The van der Waals surface area contributed by atoms with E-state index in [4.69, 9.17) is 4.74 Å². The zero-order valence-corrected chi connectivity index (χ0v) is 27.4. The van der Waals surface area contributed by atoms with Crippen molar-refractivity contribution in [2.45, 2.75) is 70.0 Å². The first kappa shape index (κ1) is 32.8. The van der Waals surface area contributed by atoms with E-state index in [-0.39, 0.29) is 23.4 Å². The summed E-state index contributed by atoms with van der Waals surface area (Å²) < 4.78 is 35.3. The first-order valence-corrected chi connectivity index (χ1v) is 17.1. The Labute approximate surface area is 272 Å². The van der Waals surface area contributed by atoms with Crippen LogP contribution in [0.25, 0.3) is 0 Å². The molecule has 46 heavy (non-hydrogen) atoms. The molecular weight excluding hydrogens is 598 g/mol. The van der Waals surface area contributed by atoms with Crippen LogP contribution in [0, 0.1) is 13.8 Å². The number of rotatable bonds is 12. The number of hydrogen-bond acceptors (Lipinski definition) is 5. The summed E-state index contributed by atoms with van der Waals surface area (Å²) in [6.45, 7) is 5.20. The lowest BCUT2D eigenvalue weighted by atomic mass is 10.1. The van der Waals surface area contributed by atoms with Crippen LogP contribution in [-0.2, 0) is 26.2 Å². The summed E-state index contributed by atoms with van der Waals surface area (Å²) in [6.07, 6.45) is 3.95. The first-order chi connectivity index (χ1) is 22.1. The molecule has 0 aromatic heterocycles. The molecule has 240 valence electrons. The smallest absolute Gasteiger partial charge is 0.264 e. The van der Waals surface area contributed by atoms with E-state index in [0.717, 1.165) is 46.7 Å². The van der Waals surface area contributed by atoms with Crippen molar-refractivity contribution in [2.75, 3.05) is 10.8 Å². The van der Waals surface area contributed by atoms with Crippen LogP contribution in [0.15, 0.2) is 108 Å². The van der Waals surface area contributed by atoms with Crippen molar-refractivity contribution in [1.82, 2.24) is 10.2 Å². The van der Waals surface area contributed by atoms with E-state index < -0.39 is 28.5 Å². The SMILES string of the molecule is Cc1ccc(S(=O)(=O)N(CC(=O)N(Cc2cccc(C)c2)[C@H](C)C(=O)NC2CCCC2)c2ccc(Oc3ccccc3)cc2)cc1. The molecule has 0 radical (unpaired) electrons. The molecule has 9 heteroatoms. The van der Waals surface area contributed by atoms with Crippen LogP contribution in [0.2, 0.25) is 0 Å². The number of carbonyl (C=O) groups excluding carboxylic acids is 2. The van der Waals surface area contributed by atoms with Gasteiger partial charge in [-0.25, -0.2) is 8.42 Å². The molecule has 0 aliphatic heterocycles. The van der Waals surface area contributed by atoms with Crippen LogP contribution in [-0.4, -0.2) is 43.8 Å². The normalized spacial score (nSPS) is 14.0. The maximum Gasteiger partial charge on any atom is 0.264 e. The van der Waals surface area contributed by atoms with Crippen LogP contribution in [0.5, 0.6) is 11.5 Å². The summed E-state index contributed by atoms with van der Waals surface area (Å²) in [5.74, 6) is 0.428. The minimum Gasteiger partial charge on any atom is -0.457 e. The van der Waals surface area contributed by atoms with Crippen LogP contribution in [0.3, 0.4) is 0 Å². The average Bonchev–Trinajstić information content (AvgIpc) is 3.56. The average molecular weight is 640 g/mol. The van der Waals surface area contributed by atoms with Crippen molar-refractivity contribution in [3.05, 3.63) is 120 Å². The Hall–Kier alpha value is -4.63. The third-order valence-electron chi connectivity index (χ3n) is 8.30. The zero-order chi connectivity index (χ0) is 32.7. The fourth-order valence-electron chi connectivity index (χ4n) is 5.65. The Morgan fingerprint density at radius 3 is 2.13 bits per heavy atom. The molecule has 0 unspecified atom stereocenters. The van der Waals surface area contributed by atoms with Crippen molar-refractivity contribution in [3.63, 3.8) is 0 Å². The van der Waals surface area contributed by atoms with Gasteiger partial charge in [0, 0.05) is 12.6 Å². The van der Waals surface area contributed by atoms with E-state index in [1.165, 1.54) is 17.0 Å². The Morgan fingerprint density at radius 1 is 0.826 bits per heavy atom. The number of sulfonamides is 1. The highest BCUT2D eigenvalue weighted by Gasteiger charge is 2.33. The van der Waals surface area contributed by atoms with Gasteiger partial charge in [-0.1, -0.05) is 78.6 Å². The van der Waals surface area contributed by atoms with E-state index in [0.29, 0.717) is 17.2 Å². The van der Waals surface area contributed by atoms with E-state index >= 15 is 0 Å². The van der Waals surface area contributed by atoms with Gasteiger partial charge in [0.2, 0.25) is 11.8 Å². The number of carbonyl (C=O) groups is 2. The zero-order valence-electron chi connectivity index (χ0n) is 26.6. The maximum atomic E-state index is 14.3. The fourth-order valence-corrected chi connectivity index (χ4v) is 7.07. The highest BCUT2D eigenvalue weighted by molar-refractivity contribution is 7.92. The molecule has 1 fully saturated rings. The summed E-state index contributed by atoms with van der Waals surface area (Å²) in [4.78, 5) is 29.2. The monoisotopic (exact) mass is 639 g/mol. The molecule has 2 amide bonds. The molecule has 1 aliphatic carbocycles. The molecule has 1 aliphatic rings. The summed E-state index contributed by atoms with van der Waals surface area (Å²) in [5.41, 5.74) is 3.09. The van der Waals surface area contributed by atoms with Gasteiger partial charge >= 0.3 is 0 Å². The van der Waals surface area contributed by atoms with Crippen LogP contribution in [0.1, 0.15) is 49.3 Å². The van der Waals surface area contributed by atoms with Crippen molar-refractivity contribution < 1.29 is 22.7 Å². The second kappa shape index (κ2) is 14.6. The molecule has 1 saturated carbocycles. The highest BCUT2D eigenvalue weighted by Crippen LogP contribution is 2.29. The second-order valence-electron chi connectivity index (χ2n) is 11.9. The molecule has 0 spiro atoms. The molecule has 0 saturated heterocycles. The number of amides is 2. The van der Waals surface area contributed by atoms with E-state index in [9.17, 15) is 18.0 Å². The quantitative estimate of drug-likeness (QED) is 0.185. The van der Waals surface area contributed by atoms with Gasteiger partial charge in [-0.05, 0) is 87.7 Å².